The SMILES string of the molecule is COC(=O)c1ccccc1Nc1cc(C)nc(NCc2ccncc2)n1. The number of pyridine rings is 1. The van der Waals surface area contributed by atoms with Gasteiger partial charge in [0.25, 0.3) is 0 Å². The summed E-state index contributed by atoms with van der Waals surface area (Å²) in [4.78, 5) is 24.8. The van der Waals surface area contributed by atoms with Crippen LogP contribution in [0.5, 0.6) is 0 Å². The lowest BCUT2D eigenvalue weighted by molar-refractivity contribution is 0.0602. The molecule has 0 saturated carbocycles. The molecule has 3 rings (SSSR count). The van der Waals surface area contributed by atoms with E-state index in [1.165, 1.54) is 7.11 Å². The summed E-state index contributed by atoms with van der Waals surface area (Å²) in [7, 11) is 1.36. The molecule has 0 aliphatic carbocycles. The highest BCUT2D eigenvalue weighted by atomic mass is 16.5. The fraction of sp³-hybridized carbons (Fsp3) is 0.158. The molecule has 0 atom stereocenters. The zero-order chi connectivity index (χ0) is 18.4. The van der Waals surface area contributed by atoms with Crippen molar-refractivity contribution >= 4 is 23.4 Å². The number of hydrogen-bond acceptors (Lipinski definition) is 7. The molecule has 1 aromatic carbocycles. The van der Waals surface area contributed by atoms with Crippen LogP contribution in [0, 0.1) is 6.92 Å². The first-order chi connectivity index (χ1) is 12.7. The third kappa shape index (κ3) is 4.32. The number of methoxy groups -OCH3 is 1. The fourth-order valence-electron chi connectivity index (χ4n) is 2.41. The van der Waals surface area contributed by atoms with Crippen LogP contribution >= 0.6 is 0 Å². The predicted molar refractivity (Wildman–Crippen MR) is 99.4 cm³/mol. The Kier molecular flexibility index (Phi) is 5.38. The lowest BCUT2D eigenvalue weighted by Crippen LogP contribution is -2.08. The van der Waals surface area contributed by atoms with Crippen LogP contribution in [0.4, 0.5) is 17.5 Å². The van der Waals surface area contributed by atoms with E-state index in [2.05, 4.69) is 25.6 Å². The molecule has 0 saturated heterocycles. The molecule has 0 bridgehead atoms. The first kappa shape index (κ1) is 17.3. The number of para-hydroxylation sites is 1. The minimum absolute atomic E-state index is 0.407. The molecule has 3 aromatic rings. The van der Waals surface area contributed by atoms with Crippen LogP contribution in [0.2, 0.25) is 0 Å². The van der Waals surface area contributed by atoms with Crippen LogP contribution in [-0.2, 0) is 11.3 Å². The van der Waals surface area contributed by atoms with E-state index in [1.807, 2.05) is 31.2 Å². The van der Waals surface area contributed by atoms with Gasteiger partial charge in [0.2, 0.25) is 5.95 Å². The lowest BCUT2D eigenvalue weighted by atomic mass is 10.2. The molecule has 132 valence electrons. The van der Waals surface area contributed by atoms with Gasteiger partial charge in [-0.15, -0.1) is 0 Å². The number of nitrogens with zero attached hydrogens (tertiary/aromatic N) is 3. The van der Waals surface area contributed by atoms with Gasteiger partial charge in [0, 0.05) is 30.7 Å². The quantitative estimate of drug-likeness (QED) is 0.660. The van der Waals surface area contributed by atoms with Gasteiger partial charge in [-0.1, -0.05) is 12.1 Å². The van der Waals surface area contributed by atoms with Crippen LogP contribution in [0.1, 0.15) is 21.6 Å². The molecule has 7 heteroatoms. The van der Waals surface area contributed by atoms with E-state index < -0.39 is 5.97 Å². The Morgan fingerprint density at radius 1 is 1.12 bits per heavy atom. The fourth-order valence-corrected chi connectivity index (χ4v) is 2.41. The zero-order valence-electron chi connectivity index (χ0n) is 14.6. The minimum Gasteiger partial charge on any atom is -0.465 e. The van der Waals surface area contributed by atoms with E-state index in [-0.39, 0.29) is 0 Å². The zero-order valence-corrected chi connectivity index (χ0v) is 14.6. The highest BCUT2D eigenvalue weighted by molar-refractivity contribution is 5.96. The molecule has 0 fully saturated rings. The summed E-state index contributed by atoms with van der Waals surface area (Å²) < 4.78 is 4.82. The summed E-state index contributed by atoms with van der Waals surface area (Å²) in [5.41, 5.74) is 2.95. The molecule has 2 heterocycles. The Morgan fingerprint density at radius 2 is 1.88 bits per heavy atom. The second-order valence-electron chi connectivity index (χ2n) is 5.59. The average molecular weight is 349 g/mol. The molecular formula is C19H19N5O2. The Morgan fingerprint density at radius 3 is 2.65 bits per heavy atom. The van der Waals surface area contributed by atoms with Crippen LogP contribution in [-0.4, -0.2) is 28.0 Å². The second kappa shape index (κ2) is 8.06. The molecule has 0 unspecified atom stereocenters. The van der Waals surface area contributed by atoms with Crippen molar-refractivity contribution in [1.82, 2.24) is 15.0 Å². The molecule has 26 heavy (non-hydrogen) atoms. The van der Waals surface area contributed by atoms with Crippen molar-refractivity contribution in [1.29, 1.82) is 0 Å². The molecule has 2 aromatic heterocycles. The average Bonchev–Trinajstić information content (AvgIpc) is 2.66. The lowest BCUT2D eigenvalue weighted by Gasteiger charge is -2.12. The molecule has 0 aliphatic rings. The maximum atomic E-state index is 11.9. The summed E-state index contributed by atoms with van der Waals surface area (Å²) >= 11 is 0. The van der Waals surface area contributed by atoms with Crippen molar-refractivity contribution in [3.05, 3.63) is 71.7 Å². The highest BCUT2D eigenvalue weighted by Gasteiger charge is 2.12. The maximum absolute atomic E-state index is 11.9. The predicted octanol–water partition coefficient (Wildman–Crippen LogP) is 3.32. The number of carbonyl (C=O) groups excluding carboxylic acids is 1. The van der Waals surface area contributed by atoms with E-state index in [1.54, 1.807) is 30.6 Å². The summed E-state index contributed by atoms with van der Waals surface area (Å²) in [5, 5.41) is 6.36. The number of aromatic nitrogens is 3. The standard InChI is InChI=1S/C19H19N5O2/c1-13-11-17(23-16-6-4-3-5-15(16)18(25)26-2)24-19(22-13)21-12-14-7-9-20-10-8-14/h3-11H,12H2,1-2H3,(H2,21,22,23,24). The van der Waals surface area contributed by atoms with Gasteiger partial charge in [0.05, 0.1) is 18.4 Å². The Bertz CT molecular complexity index is 899. The summed E-state index contributed by atoms with van der Waals surface area (Å²) in [6.07, 6.45) is 3.48. The van der Waals surface area contributed by atoms with Crippen molar-refractivity contribution in [3.8, 4) is 0 Å². The normalized spacial score (nSPS) is 10.2. The maximum Gasteiger partial charge on any atom is 0.339 e. The number of esters is 1. The van der Waals surface area contributed by atoms with Crippen LogP contribution < -0.4 is 10.6 Å². The Labute approximate surface area is 151 Å². The Hall–Kier alpha value is -3.48. The number of rotatable bonds is 6. The van der Waals surface area contributed by atoms with Crippen molar-refractivity contribution in [2.75, 3.05) is 17.7 Å². The third-order valence-electron chi connectivity index (χ3n) is 3.65. The van der Waals surface area contributed by atoms with Gasteiger partial charge in [0.1, 0.15) is 5.82 Å². The largest absolute Gasteiger partial charge is 0.465 e. The Balaban J connectivity index is 1.79. The first-order valence-corrected chi connectivity index (χ1v) is 8.08. The van der Waals surface area contributed by atoms with E-state index in [9.17, 15) is 4.79 Å². The summed E-state index contributed by atoms with van der Waals surface area (Å²) in [6.45, 7) is 2.47. The number of hydrogen-bond donors (Lipinski definition) is 2. The van der Waals surface area contributed by atoms with E-state index in [4.69, 9.17) is 4.74 Å². The van der Waals surface area contributed by atoms with Gasteiger partial charge in [-0.05, 0) is 36.8 Å². The molecule has 0 aliphatic heterocycles. The molecular weight excluding hydrogens is 330 g/mol. The van der Waals surface area contributed by atoms with Gasteiger partial charge in [-0.3, -0.25) is 4.98 Å². The smallest absolute Gasteiger partial charge is 0.339 e. The molecule has 0 amide bonds. The summed E-state index contributed by atoms with van der Waals surface area (Å²) in [6, 6.07) is 12.8. The number of ether oxygens (including phenoxy) is 1. The van der Waals surface area contributed by atoms with E-state index in [0.717, 1.165) is 11.3 Å². The minimum atomic E-state index is -0.407. The molecule has 0 radical (unpaired) electrons. The number of nitrogens with one attached hydrogen (secondary N) is 2. The van der Waals surface area contributed by atoms with Crippen LogP contribution in [0.25, 0.3) is 0 Å². The van der Waals surface area contributed by atoms with Crippen LogP contribution in [0.15, 0.2) is 54.9 Å². The number of anilines is 3. The molecule has 7 nitrogen and oxygen atoms in total. The van der Waals surface area contributed by atoms with Crippen molar-refractivity contribution in [2.24, 2.45) is 0 Å². The van der Waals surface area contributed by atoms with Crippen LogP contribution in [0.3, 0.4) is 0 Å². The van der Waals surface area contributed by atoms with Crippen molar-refractivity contribution in [2.45, 2.75) is 13.5 Å². The van der Waals surface area contributed by atoms with Gasteiger partial charge < -0.3 is 15.4 Å². The van der Waals surface area contributed by atoms with Crippen molar-refractivity contribution < 1.29 is 9.53 Å². The van der Waals surface area contributed by atoms with E-state index >= 15 is 0 Å². The second-order valence-corrected chi connectivity index (χ2v) is 5.59. The molecule has 0 spiro atoms. The number of benzene rings is 1. The molecule has 2 N–H and O–H groups in total. The van der Waals surface area contributed by atoms with Gasteiger partial charge in [-0.25, -0.2) is 9.78 Å². The topological polar surface area (TPSA) is 89.0 Å². The third-order valence-corrected chi connectivity index (χ3v) is 3.65. The van der Waals surface area contributed by atoms with Gasteiger partial charge in [-0.2, -0.15) is 4.98 Å². The first-order valence-electron chi connectivity index (χ1n) is 8.08. The van der Waals surface area contributed by atoms with Gasteiger partial charge in [0.15, 0.2) is 0 Å². The number of aryl methyl sites for hydroxylation is 1. The highest BCUT2D eigenvalue weighted by Crippen LogP contribution is 2.21. The monoisotopic (exact) mass is 349 g/mol. The van der Waals surface area contributed by atoms with Crippen molar-refractivity contribution in [3.63, 3.8) is 0 Å². The van der Waals surface area contributed by atoms with Gasteiger partial charge >= 0.3 is 5.97 Å². The summed E-state index contributed by atoms with van der Waals surface area (Å²) in [5.74, 6) is 0.681. The van der Waals surface area contributed by atoms with E-state index in [0.29, 0.717) is 29.6 Å². The number of carbonyl (C=O) groups is 1.